The van der Waals surface area contributed by atoms with Crippen LogP contribution in [0.5, 0.6) is 0 Å². The summed E-state index contributed by atoms with van der Waals surface area (Å²) in [6.45, 7) is 3.91. The Bertz CT molecular complexity index is 293. The number of hydrogen-bond acceptors (Lipinski definition) is 5. The lowest BCUT2D eigenvalue weighted by Crippen LogP contribution is -2.34. The van der Waals surface area contributed by atoms with Crippen LogP contribution in [0.25, 0.3) is 0 Å². The highest BCUT2D eigenvalue weighted by Crippen LogP contribution is 2.23. The first kappa shape index (κ1) is 10.0. The maximum atomic E-state index is 8.85. The quantitative estimate of drug-likeness (QED) is 0.335. The van der Waals surface area contributed by atoms with Gasteiger partial charge in [0.25, 0.3) is 0 Å². The topological polar surface area (TPSA) is 63.3 Å². The van der Waals surface area contributed by atoms with Crippen LogP contribution in [0, 0.1) is 0 Å². The number of oxime groups is 1. The summed E-state index contributed by atoms with van der Waals surface area (Å²) in [5, 5.41) is 16.0. The second-order valence-corrected chi connectivity index (χ2v) is 4.41. The van der Waals surface area contributed by atoms with Crippen LogP contribution in [0.1, 0.15) is 13.8 Å². The van der Waals surface area contributed by atoms with Gasteiger partial charge < -0.3 is 5.21 Å². The molecule has 1 aromatic heterocycles. The van der Waals surface area contributed by atoms with Crippen LogP contribution in [0.4, 0.5) is 0 Å². The number of rotatable bonds is 2. The third-order valence-corrected chi connectivity index (χ3v) is 2.98. The molecule has 5 nitrogen and oxygen atoms in total. The maximum absolute atomic E-state index is 8.85. The molecule has 0 aliphatic rings. The fourth-order valence-electron chi connectivity index (χ4n) is 0.851. The minimum Gasteiger partial charge on any atom is -0.409 e. The fourth-order valence-corrected chi connectivity index (χ4v) is 1.17. The van der Waals surface area contributed by atoms with Crippen LogP contribution < -0.4 is 0 Å². The molecule has 0 fully saturated rings. The molecule has 1 heterocycles. The van der Waals surface area contributed by atoms with E-state index in [1.807, 2.05) is 20.1 Å². The Morgan fingerprint density at radius 3 is 2.69 bits per heavy atom. The Morgan fingerprint density at radius 1 is 1.62 bits per heavy atom. The van der Waals surface area contributed by atoms with Crippen molar-refractivity contribution in [3.63, 3.8) is 0 Å². The SMILES string of the molecule is CSC(C)(C)/C(=N/O)n1cncn1. The van der Waals surface area contributed by atoms with E-state index in [0.29, 0.717) is 5.84 Å². The zero-order chi connectivity index (χ0) is 9.90. The average Bonchev–Trinajstić information content (AvgIpc) is 2.58. The van der Waals surface area contributed by atoms with Gasteiger partial charge in [-0.2, -0.15) is 16.9 Å². The highest BCUT2D eigenvalue weighted by molar-refractivity contribution is 8.00. The average molecular weight is 200 g/mol. The molecule has 0 amide bonds. The lowest BCUT2D eigenvalue weighted by Gasteiger charge is -2.21. The Morgan fingerprint density at radius 2 is 2.31 bits per heavy atom. The molecule has 0 spiro atoms. The van der Waals surface area contributed by atoms with Crippen LogP contribution in [0.2, 0.25) is 0 Å². The number of aromatic nitrogens is 3. The molecule has 6 heteroatoms. The van der Waals surface area contributed by atoms with Crippen LogP contribution in [0.15, 0.2) is 17.8 Å². The van der Waals surface area contributed by atoms with Gasteiger partial charge in [-0.3, -0.25) is 0 Å². The summed E-state index contributed by atoms with van der Waals surface area (Å²) in [6, 6.07) is 0. The number of hydrogen-bond donors (Lipinski definition) is 1. The first-order valence-corrected chi connectivity index (χ1v) is 4.97. The van der Waals surface area contributed by atoms with E-state index in [4.69, 9.17) is 5.21 Å². The summed E-state index contributed by atoms with van der Waals surface area (Å²) in [4.78, 5) is 3.79. The molecule has 0 saturated heterocycles. The Kier molecular flexibility index (Phi) is 2.92. The predicted octanol–water partition coefficient (Wildman–Crippen LogP) is 1.06. The zero-order valence-electron chi connectivity index (χ0n) is 7.80. The van der Waals surface area contributed by atoms with Gasteiger partial charge >= 0.3 is 0 Å². The monoisotopic (exact) mass is 200 g/mol. The van der Waals surface area contributed by atoms with E-state index in [0.717, 1.165) is 0 Å². The lowest BCUT2D eigenvalue weighted by atomic mass is 10.2. The van der Waals surface area contributed by atoms with Gasteiger partial charge in [0.05, 0.1) is 4.75 Å². The predicted molar refractivity (Wildman–Crippen MR) is 52.2 cm³/mol. The molecule has 0 aromatic carbocycles. The van der Waals surface area contributed by atoms with Crippen molar-refractivity contribution < 1.29 is 5.21 Å². The number of thioether (sulfide) groups is 1. The van der Waals surface area contributed by atoms with Crippen molar-refractivity contribution in [3.8, 4) is 0 Å². The van der Waals surface area contributed by atoms with E-state index >= 15 is 0 Å². The van der Waals surface area contributed by atoms with Crippen LogP contribution in [-0.2, 0) is 0 Å². The maximum Gasteiger partial charge on any atom is 0.186 e. The van der Waals surface area contributed by atoms with Gasteiger partial charge in [-0.05, 0) is 20.1 Å². The van der Waals surface area contributed by atoms with Gasteiger partial charge in [0.2, 0.25) is 0 Å². The first-order chi connectivity index (χ1) is 6.11. The minimum absolute atomic E-state index is 0.289. The Balaban J connectivity index is 3.01. The summed E-state index contributed by atoms with van der Waals surface area (Å²) in [5.41, 5.74) is 0. The molecule has 1 N–H and O–H groups in total. The van der Waals surface area contributed by atoms with Gasteiger partial charge in [0, 0.05) is 0 Å². The minimum atomic E-state index is -0.289. The second-order valence-electron chi connectivity index (χ2n) is 2.98. The van der Waals surface area contributed by atoms with E-state index in [9.17, 15) is 0 Å². The van der Waals surface area contributed by atoms with Gasteiger partial charge in [0.15, 0.2) is 5.84 Å². The van der Waals surface area contributed by atoms with Crippen molar-refractivity contribution >= 4 is 17.6 Å². The molecule has 0 bridgehead atoms. The largest absolute Gasteiger partial charge is 0.409 e. The normalized spacial score (nSPS) is 13.3. The smallest absolute Gasteiger partial charge is 0.186 e. The van der Waals surface area contributed by atoms with E-state index in [-0.39, 0.29) is 4.75 Å². The molecule has 0 unspecified atom stereocenters. The Labute approximate surface area is 80.8 Å². The molecular weight excluding hydrogens is 188 g/mol. The Hall–Kier alpha value is -1.04. The zero-order valence-corrected chi connectivity index (χ0v) is 8.62. The molecule has 0 radical (unpaired) electrons. The van der Waals surface area contributed by atoms with E-state index < -0.39 is 0 Å². The highest BCUT2D eigenvalue weighted by Gasteiger charge is 2.26. The van der Waals surface area contributed by atoms with Crippen LogP contribution in [0.3, 0.4) is 0 Å². The van der Waals surface area contributed by atoms with Crippen LogP contribution >= 0.6 is 11.8 Å². The van der Waals surface area contributed by atoms with Crippen molar-refractivity contribution in [2.75, 3.05) is 6.26 Å². The van der Waals surface area contributed by atoms with Gasteiger partial charge in [-0.15, -0.1) is 0 Å². The standard InChI is InChI=1S/C7H12N4OS/c1-7(2,13-3)6(10-12)11-5-8-4-9-11/h4-5,12H,1-3H3/b10-6-. The van der Waals surface area contributed by atoms with Crippen molar-refractivity contribution in [2.24, 2.45) is 5.16 Å². The molecule has 0 aliphatic heterocycles. The van der Waals surface area contributed by atoms with Gasteiger partial charge in [-0.1, -0.05) is 5.16 Å². The molecule has 72 valence electrons. The summed E-state index contributed by atoms with van der Waals surface area (Å²) in [6.07, 6.45) is 4.86. The molecule has 0 aliphatic carbocycles. The van der Waals surface area contributed by atoms with E-state index in [1.165, 1.54) is 17.3 Å². The van der Waals surface area contributed by atoms with Gasteiger partial charge in [-0.25, -0.2) is 9.67 Å². The molecule has 0 atom stereocenters. The molecular formula is C7H12N4OS. The second kappa shape index (κ2) is 3.78. The molecule has 1 rings (SSSR count). The van der Waals surface area contributed by atoms with E-state index in [1.54, 1.807) is 11.8 Å². The van der Waals surface area contributed by atoms with Crippen molar-refractivity contribution in [2.45, 2.75) is 18.6 Å². The van der Waals surface area contributed by atoms with E-state index in [2.05, 4.69) is 15.2 Å². The summed E-state index contributed by atoms with van der Waals surface area (Å²) < 4.78 is 1.17. The van der Waals surface area contributed by atoms with Crippen molar-refractivity contribution in [1.29, 1.82) is 0 Å². The molecule has 0 saturated carbocycles. The molecule has 1 aromatic rings. The third kappa shape index (κ3) is 2.00. The lowest BCUT2D eigenvalue weighted by molar-refractivity contribution is 0.313. The summed E-state index contributed by atoms with van der Waals surface area (Å²) in [5.74, 6) is 0.470. The summed E-state index contributed by atoms with van der Waals surface area (Å²) >= 11 is 1.58. The third-order valence-electron chi connectivity index (χ3n) is 1.78. The fraction of sp³-hybridized carbons (Fsp3) is 0.571. The summed E-state index contributed by atoms with van der Waals surface area (Å²) in [7, 11) is 0. The van der Waals surface area contributed by atoms with Crippen molar-refractivity contribution in [1.82, 2.24) is 14.8 Å². The van der Waals surface area contributed by atoms with Crippen molar-refractivity contribution in [3.05, 3.63) is 12.7 Å². The van der Waals surface area contributed by atoms with Crippen LogP contribution in [-0.4, -0.2) is 36.8 Å². The first-order valence-electron chi connectivity index (χ1n) is 3.74. The highest BCUT2D eigenvalue weighted by atomic mass is 32.2. The van der Waals surface area contributed by atoms with Gasteiger partial charge in [0.1, 0.15) is 12.7 Å². The number of nitrogens with zero attached hydrogens (tertiary/aromatic N) is 4. The molecule has 13 heavy (non-hydrogen) atoms.